The molecule has 5 heteroatoms. The Bertz CT molecular complexity index is 505. The molecule has 1 aliphatic heterocycles. The molecule has 1 saturated heterocycles. The Morgan fingerprint density at radius 1 is 1.31 bits per heavy atom. The summed E-state index contributed by atoms with van der Waals surface area (Å²) in [6.45, 7) is 1.63. The SMILES string of the molecule is Clc1ccc2c(cnn2C2CCOCC2)n1. The van der Waals surface area contributed by atoms with Gasteiger partial charge in [0.1, 0.15) is 10.7 Å². The quantitative estimate of drug-likeness (QED) is 0.716. The fourth-order valence-corrected chi connectivity index (χ4v) is 2.29. The number of aromatic nitrogens is 3. The second-order valence-electron chi connectivity index (χ2n) is 3.97. The van der Waals surface area contributed by atoms with Gasteiger partial charge in [-0.05, 0) is 25.0 Å². The first kappa shape index (κ1) is 10.1. The Labute approximate surface area is 98.2 Å². The summed E-state index contributed by atoms with van der Waals surface area (Å²) in [4.78, 5) is 4.24. The third-order valence-electron chi connectivity index (χ3n) is 2.96. The van der Waals surface area contributed by atoms with Gasteiger partial charge in [-0.1, -0.05) is 11.6 Å². The standard InChI is InChI=1S/C11H12ClN3O/c12-11-2-1-10-9(14-11)7-13-15(10)8-3-5-16-6-4-8/h1-2,7-8H,3-6H2. The minimum atomic E-state index is 0.425. The number of hydrogen-bond acceptors (Lipinski definition) is 3. The van der Waals surface area contributed by atoms with E-state index in [0.717, 1.165) is 37.1 Å². The maximum absolute atomic E-state index is 5.85. The Balaban J connectivity index is 2.03. The molecule has 0 atom stereocenters. The molecule has 84 valence electrons. The molecule has 0 radical (unpaired) electrons. The van der Waals surface area contributed by atoms with Gasteiger partial charge in [-0.3, -0.25) is 4.68 Å². The summed E-state index contributed by atoms with van der Waals surface area (Å²) in [6, 6.07) is 4.21. The first-order valence-corrected chi connectivity index (χ1v) is 5.80. The molecule has 16 heavy (non-hydrogen) atoms. The number of halogens is 1. The molecule has 0 bridgehead atoms. The van der Waals surface area contributed by atoms with Crippen molar-refractivity contribution < 1.29 is 4.74 Å². The average Bonchev–Trinajstić information content (AvgIpc) is 2.73. The molecule has 0 saturated carbocycles. The molecule has 1 aliphatic rings. The van der Waals surface area contributed by atoms with Crippen LogP contribution in [-0.2, 0) is 4.74 Å². The van der Waals surface area contributed by atoms with E-state index in [2.05, 4.69) is 10.1 Å². The molecule has 3 rings (SSSR count). The highest BCUT2D eigenvalue weighted by Crippen LogP contribution is 2.25. The van der Waals surface area contributed by atoms with E-state index in [1.165, 1.54) is 0 Å². The molecule has 3 heterocycles. The van der Waals surface area contributed by atoms with Crippen molar-refractivity contribution in [2.75, 3.05) is 13.2 Å². The second kappa shape index (κ2) is 4.03. The van der Waals surface area contributed by atoms with Gasteiger partial charge in [0.2, 0.25) is 0 Å². The van der Waals surface area contributed by atoms with Crippen LogP contribution in [0.15, 0.2) is 18.3 Å². The van der Waals surface area contributed by atoms with Crippen LogP contribution in [0.1, 0.15) is 18.9 Å². The molecule has 0 aromatic carbocycles. The van der Waals surface area contributed by atoms with Crippen LogP contribution in [0.2, 0.25) is 5.15 Å². The van der Waals surface area contributed by atoms with Crippen molar-refractivity contribution in [1.29, 1.82) is 0 Å². The van der Waals surface area contributed by atoms with Crippen molar-refractivity contribution in [3.8, 4) is 0 Å². The monoisotopic (exact) mass is 237 g/mol. The molecule has 2 aromatic rings. The Kier molecular flexibility index (Phi) is 2.53. The molecule has 0 aliphatic carbocycles. The van der Waals surface area contributed by atoms with Crippen molar-refractivity contribution in [2.24, 2.45) is 0 Å². The Morgan fingerprint density at radius 3 is 2.94 bits per heavy atom. The van der Waals surface area contributed by atoms with Gasteiger partial charge in [0.05, 0.1) is 17.8 Å². The topological polar surface area (TPSA) is 39.9 Å². The molecule has 0 N–H and O–H groups in total. The second-order valence-corrected chi connectivity index (χ2v) is 4.36. The lowest BCUT2D eigenvalue weighted by atomic mass is 10.1. The normalized spacial score (nSPS) is 18.1. The summed E-state index contributed by atoms with van der Waals surface area (Å²) >= 11 is 5.85. The number of fused-ring (bicyclic) bond motifs is 1. The first-order valence-electron chi connectivity index (χ1n) is 5.42. The lowest BCUT2D eigenvalue weighted by molar-refractivity contribution is 0.0675. The van der Waals surface area contributed by atoms with Crippen LogP contribution in [0.5, 0.6) is 0 Å². The van der Waals surface area contributed by atoms with Gasteiger partial charge in [-0.25, -0.2) is 4.98 Å². The van der Waals surface area contributed by atoms with E-state index in [-0.39, 0.29) is 0 Å². The molecule has 4 nitrogen and oxygen atoms in total. The summed E-state index contributed by atoms with van der Waals surface area (Å²) in [7, 11) is 0. The molecular formula is C11H12ClN3O. The first-order chi connectivity index (χ1) is 7.84. The van der Waals surface area contributed by atoms with Crippen LogP contribution >= 0.6 is 11.6 Å². The van der Waals surface area contributed by atoms with E-state index < -0.39 is 0 Å². The van der Waals surface area contributed by atoms with Gasteiger partial charge in [0.15, 0.2) is 0 Å². The third kappa shape index (κ3) is 1.68. The van der Waals surface area contributed by atoms with Crippen molar-refractivity contribution in [3.05, 3.63) is 23.5 Å². The van der Waals surface area contributed by atoms with Crippen LogP contribution in [0, 0.1) is 0 Å². The highest BCUT2D eigenvalue weighted by atomic mass is 35.5. The minimum Gasteiger partial charge on any atom is -0.381 e. The highest BCUT2D eigenvalue weighted by Gasteiger charge is 2.18. The number of rotatable bonds is 1. The van der Waals surface area contributed by atoms with E-state index in [1.54, 1.807) is 12.3 Å². The largest absolute Gasteiger partial charge is 0.381 e. The van der Waals surface area contributed by atoms with Gasteiger partial charge in [-0.15, -0.1) is 0 Å². The van der Waals surface area contributed by atoms with Crippen molar-refractivity contribution in [2.45, 2.75) is 18.9 Å². The van der Waals surface area contributed by atoms with Crippen molar-refractivity contribution in [3.63, 3.8) is 0 Å². The van der Waals surface area contributed by atoms with Gasteiger partial charge >= 0.3 is 0 Å². The third-order valence-corrected chi connectivity index (χ3v) is 3.17. The lowest BCUT2D eigenvalue weighted by Gasteiger charge is -2.22. The maximum atomic E-state index is 5.85. The number of pyridine rings is 1. The summed E-state index contributed by atoms with van der Waals surface area (Å²) in [6.07, 6.45) is 3.80. The molecule has 2 aromatic heterocycles. The number of ether oxygens (including phenoxy) is 1. The molecule has 1 fully saturated rings. The number of hydrogen-bond donors (Lipinski definition) is 0. The van der Waals surface area contributed by atoms with Gasteiger partial charge < -0.3 is 4.74 Å². The fraction of sp³-hybridized carbons (Fsp3) is 0.455. The minimum absolute atomic E-state index is 0.425. The molecule has 0 amide bonds. The van der Waals surface area contributed by atoms with Crippen LogP contribution in [0.4, 0.5) is 0 Å². The fourth-order valence-electron chi connectivity index (χ4n) is 2.13. The predicted molar refractivity (Wildman–Crippen MR) is 61.6 cm³/mol. The van der Waals surface area contributed by atoms with Crippen LogP contribution in [0.25, 0.3) is 11.0 Å². The smallest absolute Gasteiger partial charge is 0.129 e. The summed E-state index contributed by atoms with van der Waals surface area (Å²) in [5.41, 5.74) is 1.91. The molecule has 0 spiro atoms. The summed E-state index contributed by atoms with van der Waals surface area (Å²) in [5, 5.41) is 4.91. The van der Waals surface area contributed by atoms with Crippen LogP contribution < -0.4 is 0 Å². The highest BCUT2D eigenvalue weighted by molar-refractivity contribution is 6.29. The van der Waals surface area contributed by atoms with Crippen molar-refractivity contribution >= 4 is 22.6 Å². The number of nitrogens with zero attached hydrogens (tertiary/aromatic N) is 3. The summed E-state index contributed by atoms with van der Waals surface area (Å²) in [5.74, 6) is 0. The van der Waals surface area contributed by atoms with E-state index in [0.29, 0.717) is 11.2 Å². The van der Waals surface area contributed by atoms with E-state index in [9.17, 15) is 0 Å². The van der Waals surface area contributed by atoms with E-state index >= 15 is 0 Å². The molecular weight excluding hydrogens is 226 g/mol. The molecule has 0 unspecified atom stereocenters. The zero-order valence-corrected chi connectivity index (χ0v) is 9.52. The van der Waals surface area contributed by atoms with Gasteiger partial charge in [-0.2, -0.15) is 5.10 Å². The van der Waals surface area contributed by atoms with Crippen LogP contribution in [0.3, 0.4) is 0 Å². The van der Waals surface area contributed by atoms with Crippen molar-refractivity contribution in [1.82, 2.24) is 14.8 Å². The Morgan fingerprint density at radius 2 is 2.12 bits per heavy atom. The van der Waals surface area contributed by atoms with E-state index in [1.807, 2.05) is 10.7 Å². The average molecular weight is 238 g/mol. The van der Waals surface area contributed by atoms with E-state index in [4.69, 9.17) is 16.3 Å². The Hall–Kier alpha value is -1.13. The zero-order valence-electron chi connectivity index (χ0n) is 8.77. The van der Waals surface area contributed by atoms with Gasteiger partial charge in [0, 0.05) is 13.2 Å². The predicted octanol–water partition coefficient (Wildman–Crippen LogP) is 2.44. The summed E-state index contributed by atoms with van der Waals surface area (Å²) < 4.78 is 7.39. The maximum Gasteiger partial charge on any atom is 0.129 e. The zero-order chi connectivity index (χ0) is 11.0. The lowest BCUT2D eigenvalue weighted by Crippen LogP contribution is -2.20. The van der Waals surface area contributed by atoms with Crippen LogP contribution in [-0.4, -0.2) is 28.0 Å². The van der Waals surface area contributed by atoms with Gasteiger partial charge in [0.25, 0.3) is 0 Å².